The molecule has 0 bridgehead atoms. The van der Waals surface area contributed by atoms with Gasteiger partial charge in [-0.1, -0.05) is 0 Å². The lowest BCUT2D eigenvalue weighted by Crippen LogP contribution is -2.10. The summed E-state index contributed by atoms with van der Waals surface area (Å²) >= 11 is 0. The molecule has 0 spiro atoms. The Hall–Kier alpha value is -1.29. The van der Waals surface area contributed by atoms with Crippen molar-refractivity contribution in [3.05, 3.63) is 18.3 Å². The van der Waals surface area contributed by atoms with E-state index in [1.165, 1.54) is 12.8 Å². The van der Waals surface area contributed by atoms with Crippen LogP contribution in [-0.2, 0) is 0 Å². The average Bonchev–Trinajstić information content (AvgIpc) is 2.99. The van der Waals surface area contributed by atoms with Crippen molar-refractivity contribution in [1.82, 2.24) is 4.98 Å². The van der Waals surface area contributed by atoms with Gasteiger partial charge in [0.1, 0.15) is 5.69 Å². The number of anilines is 1. The molecule has 4 heteroatoms. The van der Waals surface area contributed by atoms with Crippen LogP contribution in [0.15, 0.2) is 18.3 Å². The summed E-state index contributed by atoms with van der Waals surface area (Å²) in [5, 5.41) is 0. The van der Waals surface area contributed by atoms with Crippen molar-refractivity contribution in [1.29, 1.82) is 0 Å². The molecule has 1 aromatic rings. The molecule has 0 unspecified atom stereocenters. The quantitative estimate of drug-likeness (QED) is 0.537. The number of nitrogens with zero attached hydrogens (tertiary/aromatic N) is 1. The molecule has 4 nitrogen and oxygen atoms in total. The Morgan fingerprint density at radius 1 is 1.62 bits per heavy atom. The molecular weight excluding hydrogens is 166 g/mol. The van der Waals surface area contributed by atoms with Gasteiger partial charge in [-0.2, -0.15) is 0 Å². The first kappa shape index (κ1) is 8.31. The van der Waals surface area contributed by atoms with Crippen molar-refractivity contribution < 1.29 is 4.74 Å². The molecule has 0 atom stereocenters. The van der Waals surface area contributed by atoms with Crippen LogP contribution in [0.2, 0.25) is 0 Å². The molecule has 1 saturated carbocycles. The first-order valence-electron chi connectivity index (χ1n) is 4.44. The Balaban J connectivity index is 1.99. The van der Waals surface area contributed by atoms with Crippen molar-refractivity contribution >= 4 is 5.69 Å². The number of pyridine rings is 1. The van der Waals surface area contributed by atoms with Crippen LogP contribution < -0.4 is 16.0 Å². The molecule has 0 radical (unpaired) electrons. The van der Waals surface area contributed by atoms with E-state index >= 15 is 0 Å². The van der Waals surface area contributed by atoms with E-state index in [0.29, 0.717) is 5.88 Å². The van der Waals surface area contributed by atoms with Crippen LogP contribution in [0.5, 0.6) is 5.88 Å². The largest absolute Gasteiger partial charge is 0.476 e. The summed E-state index contributed by atoms with van der Waals surface area (Å²) in [5.41, 5.74) is 3.29. The van der Waals surface area contributed by atoms with Crippen LogP contribution in [0.1, 0.15) is 12.8 Å². The maximum absolute atomic E-state index is 5.50. The SMILES string of the molecule is NNc1cccnc1OCC1CC1. The van der Waals surface area contributed by atoms with Crippen molar-refractivity contribution in [2.24, 2.45) is 11.8 Å². The Labute approximate surface area is 77.1 Å². The topological polar surface area (TPSA) is 60.2 Å². The number of hydrazine groups is 1. The van der Waals surface area contributed by atoms with E-state index in [2.05, 4.69) is 10.4 Å². The standard InChI is InChI=1S/C9H13N3O/c10-12-8-2-1-5-11-9(8)13-6-7-3-4-7/h1-2,5,7,12H,3-4,6,10H2. The van der Waals surface area contributed by atoms with E-state index in [4.69, 9.17) is 10.6 Å². The first-order chi connectivity index (χ1) is 6.40. The molecule has 70 valence electrons. The maximum Gasteiger partial charge on any atom is 0.238 e. The Kier molecular flexibility index (Phi) is 2.31. The van der Waals surface area contributed by atoms with Gasteiger partial charge >= 0.3 is 0 Å². The van der Waals surface area contributed by atoms with Crippen LogP contribution in [0, 0.1) is 5.92 Å². The van der Waals surface area contributed by atoms with Gasteiger partial charge in [-0.25, -0.2) is 4.98 Å². The van der Waals surface area contributed by atoms with E-state index in [0.717, 1.165) is 18.2 Å². The summed E-state index contributed by atoms with van der Waals surface area (Å²) in [6.07, 6.45) is 4.25. The molecule has 0 saturated heterocycles. The highest BCUT2D eigenvalue weighted by Crippen LogP contribution is 2.30. The minimum absolute atomic E-state index is 0.594. The summed E-state index contributed by atoms with van der Waals surface area (Å²) in [6, 6.07) is 3.66. The third-order valence-corrected chi connectivity index (χ3v) is 2.08. The van der Waals surface area contributed by atoms with Gasteiger partial charge in [-0.3, -0.25) is 5.84 Å². The van der Waals surface area contributed by atoms with Gasteiger partial charge in [0.05, 0.1) is 6.61 Å². The Bertz CT molecular complexity index is 286. The third kappa shape index (κ3) is 2.09. The maximum atomic E-state index is 5.50. The van der Waals surface area contributed by atoms with Crippen LogP contribution in [-0.4, -0.2) is 11.6 Å². The molecule has 0 aromatic carbocycles. The van der Waals surface area contributed by atoms with Gasteiger partial charge < -0.3 is 10.2 Å². The van der Waals surface area contributed by atoms with E-state index in [9.17, 15) is 0 Å². The molecule has 1 aromatic heterocycles. The number of hydrogen-bond acceptors (Lipinski definition) is 4. The summed E-state index contributed by atoms with van der Waals surface area (Å²) < 4.78 is 5.50. The molecule has 0 aliphatic heterocycles. The predicted octanol–water partition coefficient (Wildman–Crippen LogP) is 1.16. The monoisotopic (exact) mass is 179 g/mol. The molecule has 13 heavy (non-hydrogen) atoms. The van der Waals surface area contributed by atoms with Crippen LogP contribution >= 0.6 is 0 Å². The lowest BCUT2D eigenvalue weighted by atomic mass is 10.4. The highest BCUT2D eigenvalue weighted by Gasteiger charge is 2.22. The summed E-state index contributed by atoms with van der Waals surface area (Å²) in [6.45, 7) is 0.756. The number of nitrogens with one attached hydrogen (secondary N) is 1. The predicted molar refractivity (Wildman–Crippen MR) is 50.3 cm³/mol. The minimum Gasteiger partial charge on any atom is -0.476 e. The molecule has 1 aliphatic rings. The third-order valence-electron chi connectivity index (χ3n) is 2.08. The number of ether oxygens (including phenoxy) is 1. The molecular formula is C9H13N3O. The van der Waals surface area contributed by atoms with Crippen LogP contribution in [0.4, 0.5) is 5.69 Å². The molecule has 1 aliphatic carbocycles. The van der Waals surface area contributed by atoms with Crippen molar-refractivity contribution in [3.63, 3.8) is 0 Å². The molecule has 1 heterocycles. The van der Waals surface area contributed by atoms with Gasteiger partial charge in [0.2, 0.25) is 5.88 Å². The second-order valence-corrected chi connectivity index (χ2v) is 3.25. The number of rotatable bonds is 4. The van der Waals surface area contributed by atoms with Gasteiger partial charge in [-0.05, 0) is 30.9 Å². The second kappa shape index (κ2) is 3.62. The van der Waals surface area contributed by atoms with E-state index < -0.39 is 0 Å². The fraction of sp³-hybridized carbons (Fsp3) is 0.444. The fourth-order valence-electron chi connectivity index (χ4n) is 1.10. The molecule has 1 fully saturated rings. The van der Waals surface area contributed by atoms with Crippen LogP contribution in [0.25, 0.3) is 0 Å². The normalized spacial score (nSPS) is 15.5. The van der Waals surface area contributed by atoms with Crippen molar-refractivity contribution in [2.45, 2.75) is 12.8 Å². The number of nitrogens with two attached hydrogens (primary N) is 1. The number of hydrogen-bond donors (Lipinski definition) is 2. The minimum atomic E-state index is 0.594. The van der Waals surface area contributed by atoms with Gasteiger partial charge in [0.15, 0.2) is 0 Å². The molecule has 0 amide bonds. The fourth-order valence-corrected chi connectivity index (χ4v) is 1.10. The molecule has 3 N–H and O–H groups in total. The van der Waals surface area contributed by atoms with Gasteiger partial charge in [0, 0.05) is 6.20 Å². The average molecular weight is 179 g/mol. The lowest BCUT2D eigenvalue weighted by Gasteiger charge is -2.08. The zero-order chi connectivity index (χ0) is 9.10. The molecule has 2 rings (SSSR count). The van der Waals surface area contributed by atoms with Crippen molar-refractivity contribution in [2.75, 3.05) is 12.0 Å². The summed E-state index contributed by atoms with van der Waals surface area (Å²) in [5.74, 6) is 6.63. The lowest BCUT2D eigenvalue weighted by molar-refractivity contribution is 0.290. The number of nitrogen functional groups attached to an aromatic ring is 1. The first-order valence-corrected chi connectivity index (χ1v) is 4.44. The second-order valence-electron chi connectivity index (χ2n) is 3.25. The summed E-state index contributed by atoms with van der Waals surface area (Å²) in [4.78, 5) is 4.08. The summed E-state index contributed by atoms with van der Waals surface area (Å²) in [7, 11) is 0. The Morgan fingerprint density at radius 3 is 3.15 bits per heavy atom. The smallest absolute Gasteiger partial charge is 0.238 e. The zero-order valence-corrected chi connectivity index (χ0v) is 7.36. The van der Waals surface area contributed by atoms with Crippen molar-refractivity contribution in [3.8, 4) is 5.88 Å². The van der Waals surface area contributed by atoms with Gasteiger partial charge in [-0.15, -0.1) is 0 Å². The highest BCUT2D eigenvalue weighted by atomic mass is 16.5. The van der Waals surface area contributed by atoms with E-state index in [1.54, 1.807) is 6.20 Å². The van der Waals surface area contributed by atoms with E-state index in [-0.39, 0.29) is 0 Å². The van der Waals surface area contributed by atoms with Gasteiger partial charge in [0.25, 0.3) is 0 Å². The highest BCUT2D eigenvalue weighted by molar-refractivity contribution is 5.50. The van der Waals surface area contributed by atoms with Crippen LogP contribution in [0.3, 0.4) is 0 Å². The Morgan fingerprint density at radius 2 is 2.46 bits per heavy atom. The zero-order valence-electron chi connectivity index (χ0n) is 7.36. The number of aromatic nitrogens is 1. The van der Waals surface area contributed by atoms with E-state index in [1.807, 2.05) is 12.1 Å².